The monoisotopic (exact) mass is 260 g/mol. The van der Waals surface area contributed by atoms with Gasteiger partial charge in [-0.05, 0) is 57.2 Å². The summed E-state index contributed by atoms with van der Waals surface area (Å²) in [5.74, 6) is 0. The van der Waals surface area contributed by atoms with Crippen LogP contribution in [0, 0.1) is 0 Å². The Balaban J connectivity index is 1.90. The molecular weight excluding hydrogens is 232 g/mol. The first kappa shape index (κ1) is 14.5. The molecule has 2 rings (SSSR count). The fourth-order valence-electron chi connectivity index (χ4n) is 3.12. The van der Waals surface area contributed by atoms with Crippen molar-refractivity contribution in [2.24, 2.45) is 5.73 Å². The molecule has 1 unspecified atom stereocenters. The van der Waals surface area contributed by atoms with Crippen LogP contribution in [0.2, 0.25) is 0 Å². The maximum absolute atomic E-state index is 6.02. The Morgan fingerprint density at radius 2 is 1.84 bits per heavy atom. The molecule has 1 aliphatic carbocycles. The highest BCUT2D eigenvalue weighted by Gasteiger charge is 2.27. The van der Waals surface area contributed by atoms with E-state index >= 15 is 0 Å². The number of rotatable bonds is 5. The van der Waals surface area contributed by atoms with Crippen molar-refractivity contribution in [1.82, 2.24) is 4.90 Å². The summed E-state index contributed by atoms with van der Waals surface area (Å²) in [6.45, 7) is 4.53. The van der Waals surface area contributed by atoms with Gasteiger partial charge in [-0.2, -0.15) is 0 Å². The van der Waals surface area contributed by atoms with E-state index in [-0.39, 0.29) is 0 Å². The molecule has 2 N–H and O–H groups in total. The highest BCUT2D eigenvalue weighted by Crippen LogP contribution is 2.24. The molecule has 0 spiro atoms. The maximum Gasteiger partial charge on any atom is 0.0110 e. The zero-order valence-electron chi connectivity index (χ0n) is 12.6. The molecule has 2 nitrogen and oxygen atoms in total. The van der Waals surface area contributed by atoms with Crippen LogP contribution in [0.5, 0.6) is 0 Å². The second kappa shape index (κ2) is 6.53. The van der Waals surface area contributed by atoms with E-state index in [4.69, 9.17) is 5.73 Å². The highest BCUT2D eigenvalue weighted by molar-refractivity contribution is 5.23. The smallest absolute Gasteiger partial charge is 0.0110 e. The number of benzene rings is 1. The van der Waals surface area contributed by atoms with Crippen LogP contribution in [-0.4, -0.2) is 30.1 Å². The summed E-state index contributed by atoms with van der Waals surface area (Å²) in [6, 6.07) is 10.8. The Bertz CT molecular complexity index is 385. The second-order valence-corrected chi connectivity index (χ2v) is 6.12. The Morgan fingerprint density at radius 3 is 2.37 bits per heavy atom. The van der Waals surface area contributed by atoms with E-state index in [0.29, 0.717) is 18.1 Å². The van der Waals surface area contributed by atoms with Crippen molar-refractivity contribution in [3.05, 3.63) is 35.4 Å². The molecule has 0 saturated heterocycles. The average Bonchev–Trinajstić information content (AvgIpc) is 2.85. The van der Waals surface area contributed by atoms with Gasteiger partial charge in [-0.25, -0.2) is 0 Å². The minimum Gasteiger partial charge on any atom is -0.328 e. The summed E-state index contributed by atoms with van der Waals surface area (Å²) in [5, 5.41) is 0. The van der Waals surface area contributed by atoms with Crippen LogP contribution in [0.15, 0.2) is 24.3 Å². The predicted molar refractivity (Wildman–Crippen MR) is 82.4 cm³/mol. The first-order chi connectivity index (χ1) is 9.10. The van der Waals surface area contributed by atoms with Gasteiger partial charge < -0.3 is 10.6 Å². The molecule has 1 aliphatic rings. The van der Waals surface area contributed by atoms with E-state index in [1.165, 1.54) is 24.0 Å². The van der Waals surface area contributed by atoms with Gasteiger partial charge in [0.1, 0.15) is 0 Å². The lowest BCUT2D eigenvalue weighted by molar-refractivity contribution is 0.184. The van der Waals surface area contributed by atoms with Crippen LogP contribution in [-0.2, 0) is 12.8 Å². The Labute approximate surface area is 118 Å². The third-order valence-electron chi connectivity index (χ3n) is 4.68. The van der Waals surface area contributed by atoms with E-state index in [0.717, 1.165) is 19.3 Å². The first-order valence-corrected chi connectivity index (χ1v) is 7.65. The van der Waals surface area contributed by atoms with Gasteiger partial charge in [0.15, 0.2) is 0 Å². The zero-order chi connectivity index (χ0) is 13.8. The fourth-order valence-corrected chi connectivity index (χ4v) is 3.12. The molecule has 3 atom stereocenters. The molecule has 0 aliphatic heterocycles. The van der Waals surface area contributed by atoms with Crippen molar-refractivity contribution in [3.8, 4) is 0 Å². The van der Waals surface area contributed by atoms with Gasteiger partial charge in [0.05, 0.1) is 0 Å². The number of aryl methyl sites for hydroxylation is 1. The van der Waals surface area contributed by atoms with Gasteiger partial charge in [-0.3, -0.25) is 0 Å². The number of hydrogen-bond acceptors (Lipinski definition) is 2. The minimum absolute atomic E-state index is 0.420. The van der Waals surface area contributed by atoms with Gasteiger partial charge in [0.25, 0.3) is 0 Å². The van der Waals surface area contributed by atoms with E-state index in [2.05, 4.69) is 50.1 Å². The van der Waals surface area contributed by atoms with Crippen LogP contribution >= 0.6 is 0 Å². The average molecular weight is 260 g/mol. The second-order valence-electron chi connectivity index (χ2n) is 6.12. The molecule has 1 saturated carbocycles. The summed E-state index contributed by atoms with van der Waals surface area (Å²) in [6.07, 6.45) is 5.86. The maximum atomic E-state index is 6.02. The van der Waals surface area contributed by atoms with Crippen LogP contribution < -0.4 is 5.73 Å². The van der Waals surface area contributed by atoms with Gasteiger partial charge >= 0.3 is 0 Å². The van der Waals surface area contributed by atoms with Crippen molar-refractivity contribution < 1.29 is 0 Å². The third kappa shape index (κ3) is 3.80. The van der Waals surface area contributed by atoms with Crippen LogP contribution in [0.1, 0.15) is 44.2 Å². The summed E-state index contributed by atoms with van der Waals surface area (Å²) in [4.78, 5) is 2.53. The van der Waals surface area contributed by atoms with Crippen LogP contribution in [0.4, 0.5) is 0 Å². The number of hydrogen-bond donors (Lipinski definition) is 1. The molecule has 19 heavy (non-hydrogen) atoms. The zero-order valence-corrected chi connectivity index (χ0v) is 12.6. The standard InChI is InChI=1S/C17H28N2/c1-4-14-5-7-15(8-6-14)11-13(2)19(3)17-10-9-16(18)12-17/h5-8,13,16-17H,4,9-12,18H2,1-3H3/t13?,16-,17-/m0/s1. The van der Waals surface area contributed by atoms with E-state index in [1.54, 1.807) is 0 Å². The van der Waals surface area contributed by atoms with Gasteiger partial charge in [-0.1, -0.05) is 31.2 Å². The lowest BCUT2D eigenvalue weighted by Gasteiger charge is -2.31. The summed E-state index contributed by atoms with van der Waals surface area (Å²) >= 11 is 0. The summed E-state index contributed by atoms with van der Waals surface area (Å²) in [7, 11) is 2.26. The highest BCUT2D eigenvalue weighted by atomic mass is 15.2. The van der Waals surface area contributed by atoms with Crippen molar-refractivity contribution in [2.45, 2.75) is 64.1 Å². The largest absolute Gasteiger partial charge is 0.328 e. The minimum atomic E-state index is 0.420. The Hall–Kier alpha value is -0.860. The molecule has 0 amide bonds. The van der Waals surface area contributed by atoms with Crippen molar-refractivity contribution in [3.63, 3.8) is 0 Å². The molecule has 1 fully saturated rings. The van der Waals surface area contributed by atoms with E-state index < -0.39 is 0 Å². The summed E-state index contributed by atoms with van der Waals surface area (Å²) < 4.78 is 0. The van der Waals surface area contributed by atoms with E-state index in [1.807, 2.05) is 0 Å². The molecule has 0 heterocycles. The first-order valence-electron chi connectivity index (χ1n) is 7.65. The Morgan fingerprint density at radius 1 is 1.21 bits per heavy atom. The quantitative estimate of drug-likeness (QED) is 0.882. The molecule has 2 heteroatoms. The number of nitrogens with two attached hydrogens (primary N) is 1. The van der Waals surface area contributed by atoms with Crippen molar-refractivity contribution in [2.75, 3.05) is 7.05 Å². The van der Waals surface area contributed by atoms with Crippen molar-refractivity contribution in [1.29, 1.82) is 0 Å². The van der Waals surface area contributed by atoms with E-state index in [9.17, 15) is 0 Å². The lowest BCUT2D eigenvalue weighted by Crippen LogP contribution is -2.39. The molecule has 1 aromatic carbocycles. The fraction of sp³-hybridized carbons (Fsp3) is 0.647. The SMILES string of the molecule is CCc1ccc(CC(C)N(C)[C@H]2CC[C@H](N)C2)cc1. The van der Waals surface area contributed by atoms with Crippen LogP contribution in [0.3, 0.4) is 0 Å². The van der Waals surface area contributed by atoms with Crippen LogP contribution in [0.25, 0.3) is 0 Å². The molecule has 0 bridgehead atoms. The number of likely N-dealkylation sites (N-methyl/N-ethyl adjacent to an activating group) is 1. The van der Waals surface area contributed by atoms with Gasteiger partial charge in [0.2, 0.25) is 0 Å². The molecule has 0 aromatic heterocycles. The lowest BCUT2D eigenvalue weighted by atomic mass is 10.0. The molecule has 0 radical (unpaired) electrons. The van der Waals surface area contributed by atoms with Gasteiger partial charge in [0, 0.05) is 18.1 Å². The van der Waals surface area contributed by atoms with Crippen molar-refractivity contribution >= 4 is 0 Å². The normalized spacial score (nSPS) is 24.9. The predicted octanol–water partition coefficient (Wildman–Crippen LogP) is 2.99. The summed E-state index contributed by atoms with van der Waals surface area (Å²) in [5.41, 5.74) is 8.89. The Kier molecular flexibility index (Phi) is 5.00. The van der Waals surface area contributed by atoms with Gasteiger partial charge in [-0.15, -0.1) is 0 Å². The molecular formula is C17H28N2. The molecule has 1 aromatic rings. The molecule has 106 valence electrons. The number of nitrogens with zero attached hydrogens (tertiary/aromatic N) is 1. The topological polar surface area (TPSA) is 29.3 Å². The third-order valence-corrected chi connectivity index (χ3v) is 4.68.